The number of carboxylic acid groups (broad SMARTS) is 1. The Morgan fingerprint density at radius 2 is 2.02 bits per heavy atom. The number of aliphatic imine (C=N–C) groups is 1. The quantitative estimate of drug-likeness (QED) is 0.0386. The van der Waals surface area contributed by atoms with E-state index in [2.05, 4.69) is 49.3 Å². The van der Waals surface area contributed by atoms with Gasteiger partial charge in [0.1, 0.15) is 23.1 Å². The summed E-state index contributed by atoms with van der Waals surface area (Å²) >= 11 is 4.68. The first-order valence-corrected chi connectivity index (χ1v) is 18.6. The molecule has 4 heterocycles. The van der Waals surface area contributed by atoms with E-state index in [1.54, 1.807) is 34.6 Å². The van der Waals surface area contributed by atoms with Gasteiger partial charge in [-0.3, -0.25) is 19.9 Å². The molecule has 3 aliphatic rings. The van der Waals surface area contributed by atoms with Gasteiger partial charge in [-0.1, -0.05) is 17.3 Å². The number of nitrogens with two attached hydrogens (primary N) is 1. The monoisotopic (exact) mass is 789 g/mol. The average Bonchev–Trinajstić information content (AvgIpc) is 3.57. The summed E-state index contributed by atoms with van der Waals surface area (Å²) in [6.07, 6.45) is -0.198. The molecule has 0 spiro atoms. The largest absolute Gasteiger partial charge is 0.485 e. The molecule has 1 aromatic carbocycles. The predicted octanol–water partition coefficient (Wildman–Crippen LogP) is 2.31. The molecule has 3 amide bonds. The van der Waals surface area contributed by atoms with Crippen molar-refractivity contribution in [3.8, 4) is 5.75 Å². The van der Waals surface area contributed by atoms with Crippen molar-refractivity contribution in [2.24, 2.45) is 15.9 Å². The molecule has 0 aliphatic carbocycles. The number of aromatic nitrogens is 1. The van der Waals surface area contributed by atoms with Gasteiger partial charge in [0, 0.05) is 37.3 Å². The Kier molecular flexibility index (Phi) is 12.3. The molecule has 54 heavy (non-hydrogen) atoms. The predicted molar refractivity (Wildman–Crippen MR) is 202 cm³/mol. The fourth-order valence-corrected chi connectivity index (χ4v) is 6.96. The molecule has 1 fully saturated rings. The van der Waals surface area contributed by atoms with E-state index < -0.39 is 58.5 Å². The topological polar surface area (TPSA) is 240 Å². The van der Waals surface area contributed by atoms with E-state index in [-0.39, 0.29) is 23.2 Å². The van der Waals surface area contributed by atoms with Crippen LogP contribution in [0, 0.1) is 0 Å². The van der Waals surface area contributed by atoms with Crippen molar-refractivity contribution in [1.82, 2.24) is 26.0 Å². The van der Waals surface area contributed by atoms with Gasteiger partial charge in [-0.15, -0.1) is 11.3 Å². The number of aryl methyl sites for hydroxylation is 1. The molecule has 2 aromatic rings. The van der Waals surface area contributed by atoms with Crippen molar-refractivity contribution < 1.29 is 42.9 Å². The minimum Gasteiger partial charge on any atom is -0.485 e. The lowest BCUT2D eigenvalue weighted by atomic mass is 9.84. The fraction of sp³-hybridized carbons (Fsp3) is 0.559. The van der Waals surface area contributed by atoms with Crippen LogP contribution < -0.4 is 31.7 Å². The van der Waals surface area contributed by atoms with Gasteiger partial charge in [-0.25, -0.2) is 18.9 Å². The zero-order chi connectivity index (χ0) is 39.4. The van der Waals surface area contributed by atoms with Crippen LogP contribution in [0.3, 0.4) is 0 Å². The second kappa shape index (κ2) is 16.4. The number of nitrogens with zero attached hydrogens (tertiary/aromatic N) is 4. The van der Waals surface area contributed by atoms with Crippen LogP contribution in [0.1, 0.15) is 77.1 Å². The Bertz CT molecular complexity index is 1810. The first kappa shape index (κ1) is 40.5. The summed E-state index contributed by atoms with van der Waals surface area (Å²) in [5.74, 6) is -1.47. The third kappa shape index (κ3) is 8.99. The molecule has 4 atom stereocenters. The first-order valence-electron chi connectivity index (χ1n) is 17.4. The second-order valence-corrected chi connectivity index (χ2v) is 15.8. The van der Waals surface area contributed by atoms with Gasteiger partial charge < -0.3 is 41.1 Å². The molecule has 0 radical (unpaired) electrons. The first-order chi connectivity index (χ1) is 25.5. The molecule has 294 valence electrons. The maximum Gasteiger partial charge on any atom is 0.413 e. The van der Waals surface area contributed by atoms with E-state index in [0.717, 1.165) is 46.5 Å². The zero-order valence-electron chi connectivity index (χ0n) is 30.9. The van der Waals surface area contributed by atoms with E-state index in [1.165, 1.54) is 12.3 Å². The van der Waals surface area contributed by atoms with Crippen LogP contribution in [-0.2, 0) is 34.7 Å². The van der Waals surface area contributed by atoms with Crippen LogP contribution in [0.25, 0.3) is 0 Å². The van der Waals surface area contributed by atoms with E-state index in [1.807, 2.05) is 18.2 Å². The van der Waals surface area contributed by atoms with Crippen molar-refractivity contribution in [2.75, 3.05) is 31.5 Å². The number of amides is 3. The molecule has 1 saturated heterocycles. The fourth-order valence-electron chi connectivity index (χ4n) is 5.99. The van der Waals surface area contributed by atoms with E-state index in [4.69, 9.17) is 24.3 Å². The number of aliphatic carboxylic acids is 1. The Morgan fingerprint density at radius 1 is 1.26 bits per heavy atom. The maximum atomic E-state index is 13.8. The number of hydroxylamine groups is 2. The van der Waals surface area contributed by atoms with Crippen molar-refractivity contribution in [3.05, 3.63) is 40.4 Å². The normalized spacial score (nSPS) is 21.9. The second-order valence-electron chi connectivity index (χ2n) is 14.7. The molecule has 0 bridgehead atoms. The summed E-state index contributed by atoms with van der Waals surface area (Å²) in [5, 5.41) is 28.6. The minimum absolute atomic E-state index is 0.0642. The molecule has 7 N–H and O–H groups in total. The van der Waals surface area contributed by atoms with Gasteiger partial charge in [0.25, 0.3) is 17.4 Å². The summed E-state index contributed by atoms with van der Waals surface area (Å²) in [5.41, 5.74) is 3.20. The highest BCUT2D eigenvalue weighted by Crippen LogP contribution is 2.36. The molecule has 5 rings (SSSR count). The van der Waals surface area contributed by atoms with Crippen LogP contribution in [0.4, 0.5) is 9.93 Å². The average molecular weight is 790 g/mol. The van der Waals surface area contributed by atoms with Gasteiger partial charge in [0.15, 0.2) is 22.9 Å². The van der Waals surface area contributed by atoms with Crippen LogP contribution in [0.2, 0.25) is 0 Å². The summed E-state index contributed by atoms with van der Waals surface area (Å²) in [4.78, 5) is 66.4. The standard InChI is InChI=1S/C34H47N9O9S2/c1-32(2,3)50-31(48)41-30-39-21(17-54-30)24(26(44)40-25-27(45)43(52-53)33(25,4)5)42-51-34(6,28(46)47)23-11-9-19-14-18(8-10-22(19)49-23)20-15-37-29(38-16-20)36-13-7-12-35/h8,10,14,17,20,23,25,53H,7,9,11-13,15-16,35H2,1-6H3,(H,40,44)(H,46,47)(H2,36,37,38)(H,39,41,48)/b42-24-/t23-,25-,34+/m1/s1. The number of carbonyl (C=O) groups excluding carboxylic acids is 3. The van der Waals surface area contributed by atoms with E-state index in [0.29, 0.717) is 31.8 Å². The molecule has 3 aliphatic heterocycles. The number of guanidine groups is 1. The number of benzene rings is 1. The van der Waals surface area contributed by atoms with Gasteiger partial charge >= 0.3 is 12.1 Å². The summed E-state index contributed by atoms with van der Waals surface area (Å²) < 4.78 is 16.3. The number of carboxylic acids is 1. The Morgan fingerprint density at radius 3 is 2.65 bits per heavy atom. The van der Waals surface area contributed by atoms with Crippen LogP contribution in [0.15, 0.2) is 33.7 Å². The summed E-state index contributed by atoms with van der Waals surface area (Å²) in [6, 6.07) is 4.74. The third-order valence-corrected chi connectivity index (χ3v) is 10.1. The number of anilines is 1. The smallest absolute Gasteiger partial charge is 0.413 e. The molecule has 1 unspecified atom stereocenters. The Hall–Kier alpha value is -4.66. The Labute approximate surface area is 322 Å². The number of oxime groups is 1. The van der Waals surface area contributed by atoms with Gasteiger partial charge in [-0.05, 0) is 84.5 Å². The number of nitrogens with one attached hydrogen (secondary N) is 4. The minimum atomic E-state index is -2.08. The lowest BCUT2D eigenvalue weighted by Gasteiger charge is -2.50. The van der Waals surface area contributed by atoms with Crippen molar-refractivity contribution in [3.63, 3.8) is 0 Å². The van der Waals surface area contributed by atoms with Gasteiger partial charge in [0.2, 0.25) is 0 Å². The van der Waals surface area contributed by atoms with Crippen LogP contribution >= 0.6 is 24.2 Å². The molecule has 20 heteroatoms. The van der Waals surface area contributed by atoms with Crippen molar-refractivity contribution in [2.45, 2.75) is 95.6 Å². The highest BCUT2D eigenvalue weighted by atomic mass is 32.1. The Balaban J connectivity index is 1.35. The van der Waals surface area contributed by atoms with E-state index >= 15 is 0 Å². The number of hydrogen-bond donors (Lipinski definition) is 7. The number of thiol groups is 1. The van der Waals surface area contributed by atoms with Gasteiger partial charge in [-0.2, -0.15) is 5.06 Å². The SMILES string of the molecule is CC(C)(C)OC(=O)Nc1nc(/C(=N/O[C@](C)(C(=O)O)[C@H]2CCc3cc(C4CN=C(NCCCN)NC4)ccc3O2)C(=O)N[C@@H]2C(=O)N(OS)C2(C)C)cs1. The number of rotatable bonds is 13. The number of fused-ring (bicyclic) bond motifs is 1. The molecular formula is C34H47N9O9S2. The number of ether oxygens (including phenoxy) is 2. The number of carbonyl (C=O) groups is 4. The van der Waals surface area contributed by atoms with Crippen LogP contribution in [-0.4, -0.2) is 106 Å². The van der Waals surface area contributed by atoms with Gasteiger partial charge in [0.05, 0.1) is 12.1 Å². The highest BCUT2D eigenvalue weighted by molar-refractivity contribution is 7.75. The van der Waals surface area contributed by atoms with Crippen molar-refractivity contribution >= 4 is 64.9 Å². The maximum absolute atomic E-state index is 13.8. The lowest BCUT2D eigenvalue weighted by Crippen LogP contribution is -2.76. The summed E-state index contributed by atoms with van der Waals surface area (Å²) in [6.45, 7) is 12.3. The molecule has 0 saturated carbocycles. The molecule has 1 aromatic heterocycles. The number of β-lactam (4-membered cyclic amide) rings is 1. The van der Waals surface area contributed by atoms with E-state index in [9.17, 15) is 24.3 Å². The van der Waals surface area contributed by atoms with Crippen molar-refractivity contribution in [1.29, 1.82) is 0 Å². The lowest BCUT2D eigenvalue weighted by molar-refractivity contribution is -0.211. The number of hydrogen-bond acceptors (Lipinski definition) is 16. The number of thiazole rings is 1. The van der Waals surface area contributed by atoms with Crippen LogP contribution in [0.5, 0.6) is 5.75 Å². The molecule has 18 nitrogen and oxygen atoms in total. The third-order valence-electron chi connectivity index (χ3n) is 9.13. The summed E-state index contributed by atoms with van der Waals surface area (Å²) in [7, 11) is 0. The zero-order valence-corrected chi connectivity index (χ0v) is 32.6. The molecular weight excluding hydrogens is 743 g/mol. The highest BCUT2D eigenvalue weighted by Gasteiger charge is 2.57.